The first kappa shape index (κ1) is 14.3. The molecule has 19 heavy (non-hydrogen) atoms. The molecule has 2 rings (SSSR count). The lowest BCUT2D eigenvalue weighted by molar-refractivity contribution is -0.147. The SMILES string of the molecule is CCCC1CCCCN1C(=O)C1(C#N)CCOCC1. The van der Waals surface area contributed by atoms with E-state index in [0.717, 1.165) is 32.2 Å². The van der Waals surface area contributed by atoms with Crippen molar-refractivity contribution in [1.82, 2.24) is 4.90 Å². The number of nitrogens with zero attached hydrogens (tertiary/aromatic N) is 2. The van der Waals surface area contributed by atoms with Gasteiger partial charge in [0.2, 0.25) is 5.91 Å². The Morgan fingerprint density at radius 2 is 2.16 bits per heavy atom. The Kier molecular flexibility index (Phi) is 4.81. The van der Waals surface area contributed by atoms with Crippen molar-refractivity contribution in [3.63, 3.8) is 0 Å². The van der Waals surface area contributed by atoms with Crippen LogP contribution in [-0.2, 0) is 9.53 Å². The van der Waals surface area contributed by atoms with Crippen molar-refractivity contribution in [2.75, 3.05) is 19.8 Å². The van der Waals surface area contributed by atoms with E-state index in [2.05, 4.69) is 13.0 Å². The van der Waals surface area contributed by atoms with E-state index in [1.807, 2.05) is 4.90 Å². The molecule has 2 fully saturated rings. The molecule has 0 aromatic carbocycles. The summed E-state index contributed by atoms with van der Waals surface area (Å²) in [7, 11) is 0. The topological polar surface area (TPSA) is 53.3 Å². The molecule has 0 saturated carbocycles. The molecule has 1 amide bonds. The van der Waals surface area contributed by atoms with Crippen LogP contribution in [-0.4, -0.2) is 36.6 Å². The lowest BCUT2D eigenvalue weighted by Gasteiger charge is -2.41. The highest BCUT2D eigenvalue weighted by molar-refractivity contribution is 5.86. The first-order chi connectivity index (χ1) is 9.23. The van der Waals surface area contributed by atoms with Crippen LogP contribution < -0.4 is 0 Å². The summed E-state index contributed by atoms with van der Waals surface area (Å²) in [5.41, 5.74) is -0.818. The van der Waals surface area contributed by atoms with E-state index in [4.69, 9.17) is 4.74 Å². The molecule has 2 saturated heterocycles. The Bertz CT molecular complexity index is 354. The Balaban J connectivity index is 2.13. The molecule has 0 bridgehead atoms. The maximum absolute atomic E-state index is 12.8. The predicted molar refractivity (Wildman–Crippen MR) is 72.4 cm³/mol. The number of rotatable bonds is 3. The van der Waals surface area contributed by atoms with Gasteiger partial charge in [0.15, 0.2) is 0 Å². The number of nitriles is 1. The van der Waals surface area contributed by atoms with E-state index >= 15 is 0 Å². The predicted octanol–water partition coefficient (Wildman–Crippen LogP) is 2.49. The van der Waals surface area contributed by atoms with Gasteiger partial charge in [-0.25, -0.2) is 0 Å². The van der Waals surface area contributed by atoms with Gasteiger partial charge in [0.05, 0.1) is 6.07 Å². The molecule has 4 heteroatoms. The van der Waals surface area contributed by atoms with E-state index in [-0.39, 0.29) is 5.91 Å². The zero-order valence-corrected chi connectivity index (χ0v) is 11.9. The summed E-state index contributed by atoms with van der Waals surface area (Å²) in [4.78, 5) is 14.8. The minimum Gasteiger partial charge on any atom is -0.381 e. The molecule has 0 radical (unpaired) electrons. The number of likely N-dealkylation sites (tertiary alicyclic amines) is 1. The number of amides is 1. The Labute approximate surface area is 115 Å². The van der Waals surface area contributed by atoms with Gasteiger partial charge >= 0.3 is 0 Å². The fourth-order valence-electron chi connectivity index (χ4n) is 3.27. The second-order valence-corrected chi connectivity index (χ2v) is 5.74. The highest BCUT2D eigenvalue weighted by Crippen LogP contribution is 2.35. The molecule has 0 aromatic heterocycles. The van der Waals surface area contributed by atoms with Gasteiger partial charge in [-0.05, 0) is 38.5 Å². The second-order valence-electron chi connectivity index (χ2n) is 5.74. The molecule has 0 aliphatic carbocycles. The van der Waals surface area contributed by atoms with Crippen LogP contribution in [0, 0.1) is 16.7 Å². The third-order valence-corrected chi connectivity index (χ3v) is 4.48. The summed E-state index contributed by atoms with van der Waals surface area (Å²) in [5.74, 6) is 0.0662. The van der Waals surface area contributed by atoms with Crippen molar-refractivity contribution in [1.29, 1.82) is 5.26 Å². The Morgan fingerprint density at radius 3 is 2.79 bits per heavy atom. The smallest absolute Gasteiger partial charge is 0.243 e. The monoisotopic (exact) mass is 264 g/mol. The summed E-state index contributed by atoms with van der Waals surface area (Å²) in [6, 6.07) is 2.65. The van der Waals surface area contributed by atoms with Crippen LogP contribution in [0.2, 0.25) is 0 Å². The van der Waals surface area contributed by atoms with E-state index < -0.39 is 5.41 Å². The summed E-state index contributed by atoms with van der Waals surface area (Å²) < 4.78 is 5.32. The molecule has 1 unspecified atom stereocenters. The van der Waals surface area contributed by atoms with Gasteiger partial charge < -0.3 is 9.64 Å². The van der Waals surface area contributed by atoms with Crippen LogP contribution in [0.5, 0.6) is 0 Å². The van der Waals surface area contributed by atoms with Crippen LogP contribution in [0.25, 0.3) is 0 Å². The first-order valence-corrected chi connectivity index (χ1v) is 7.53. The maximum atomic E-state index is 12.8. The van der Waals surface area contributed by atoms with Crippen LogP contribution >= 0.6 is 0 Å². The highest BCUT2D eigenvalue weighted by Gasteiger charge is 2.44. The molecule has 4 nitrogen and oxygen atoms in total. The molecule has 2 heterocycles. The van der Waals surface area contributed by atoms with E-state index in [1.54, 1.807) is 0 Å². The number of ether oxygens (including phenoxy) is 1. The molecule has 106 valence electrons. The van der Waals surface area contributed by atoms with Crippen molar-refractivity contribution in [3.8, 4) is 6.07 Å². The fourth-order valence-corrected chi connectivity index (χ4v) is 3.27. The van der Waals surface area contributed by atoms with Gasteiger partial charge in [-0.3, -0.25) is 4.79 Å². The zero-order chi connectivity index (χ0) is 13.7. The second kappa shape index (κ2) is 6.38. The maximum Gasteiger partial charge on any atom is 0.243 e. The van der Waals surface area contributed by atoms with Gasteiger partial charge in [0, 0.05) is 25.8 Å². The summed E-state index contributed by atoms with van der Waals surface area (Å²) in [6.45, 7) is 4.05. The number of piperidine rings is 1. The lowest BCUT2D eigenvalue weighted by atomic mass is 9.79. The van der Waals surface area contributed by atoms with Gasteiger partial charge in [0.25, 0.3) is 0 Å². The van der Waals surface area contributed by atoms with Crippen LogP contribution in [0.3, 0.4) is 0 Å². The number of hydrogen-bond donors (Lipinski definition) is 0. The average Bonchev–Trinajstić information content (AvgIpc) is 2.48. The Hall–Kier alpha value is -1.08. The van der Waals surface area contributed by atoms with Gasteiger partial charge in [-0.1, -0.05) is 13.3 Å². The molecule has 2 aliphatic heterocycles. The van der Waals surface area contributed by atoms with Gasteiger partial charge in [-0.15, -0.1) is 0 Å². The highest BCUT2D eigenvalue weighted by atomic mass is 16.5. The minimum absolute atomic E-state index is 0.0662. The third kappa shape index (κ3) is 2.92. The standard InChI is InChI=1S/C15H24N2O2/c1-2-5-13-6-3-4-9-17(13)14(18)15(12-16)7-10-19-11-8-15/h13H,2-11H2,1H3. The molecule has 0 aromatic rings. The average molecular weight is 264 g/mol. The van der Waals surface area contributed by atoms with E-state index in [1.165, 1.54) is 6.42 Å². The van der Waals surface area contributed by atoms with Crippen molar-refractivity contribution >= 4 is 5.91 Å². The fraction of sp³-hybridized carbons (Fsp3) is 0.867. The Morgan fingerprint density at radius 1 is 1.42 bits per heavy atom. The molecule has 1 atom stereocenters. The molecular weight excluding hydrogens is 240 g/mol. The molecule has 0 spiro atoms. The van der Waals surface area contributed by atoms with Crippen LogP contribution in [0.1, 0.15) is 51.9 Å². The normalized spacial score (nSPS) is 26.7. The van der Waals surface area contributed by atoms with E-state index in [0.29, 0.717) is 32.1 Å². The summed E-state index contributed by atoms with van der Waals surface area (Å²) in [5, 5.41) is 9.51. The first-order valence-electron chi connectivity index (χ1n) is 7.53. The number of hydrogen-bond acceptors (Lipinski definition) is 3. The third-order valence-electron chi connectivity index (χ3n) is 4.48. The largest absolute Gasteiger partial charge is 0.381 e. The van der Waals surface area contributed by atoms with Crippen molar-refractivity contribution < 1.29 is 9.53 Å². The van der Waals surface area contributed by atoms with Gasteiger partial charge in [-0.2, -0.15) is 5.26 Å². The number of carbonyl (C=O) groups is 1. The van der Waals surface area contributed by atoms with Crippen molar-refractivity contribution in [3.05, 3.63) is 0 Å². The summed E-state index contributed by atoms with van der Waals surface area (Å²) in [6.07, 6.45) is 6.63. The van der Waals surface area contributed by atoms with Crippen molar-refractivity contribution in [2.45, 2.75) is 57.9 Å². The molecule has 0 N–H and O–H groups in total. The summed E-state index contributed by atoms with van der Waals surface area (Å²) >= 11 is 0. The molecule has 2 aliphatic rings. The zero-order valence-electron chi connectivity index (χ0n) is 11.9. The van der Waals surface area contributed by atoms with Gasteiger partial charge in [0.1, 0.15) is 5.41 Å². The van der Waals surface area contributed by atoms with Crippen LogP contribution in [0.4, 0.5) is 0 Å². The van der Waals surface area contributed by atoms with E-state index in [9.17, 15) is 10.1 Å². The van der Waals surface area contributed by atoms with Crippen molar-refractivity contribution in [2.24, 2.45) is 5.41 Å². The lowest BCUT2D eigenvalue weighted by Crippen LogP contribution is -2.52. The van der Waals surface area contributed by atoms with Crippen LogP contribution in [0.15, 0.2) is 0 Å². The number of carbonyl (C=O) groups excluding carboxylic acids is 1. The quantitative estimate of drug-likeness (QED) is 0.787. The molecular formula is C15H24N2O2. The minimum atomic E-state index is -0.818.